The summed E-state index contributed by atoms with van der Waals surface area (Å²) in [7, 11) is 0. The van der Waals surface area contributed by atoms with Crippen LogP contribution >= 0.6 is 11.6 Å². The first-order valence-corrected chi connectivity index (χ1v) is 6.08. The van der Waals surface area contributed by atoms with Crippen LogP contribution in [-0.4, -0.2) is 16.0 Å². The van der Waals surface area contributed by atoms with Gasteiger partial charge in [0, 0.05) is 23.6 Å². The number of aryl methyl sites for hydroxylation is 1. The van der Waals surface area contributed by atoms with Crippen LogP contribution in [0.3, 0.4) is 0 Å². The summed E-state index contributed by atoms with van der Waals surface area (Å²) in [5.74, 6) is -0.155. The van der Waals surface area contributed by atoms with Crippen molar-refractivity contribution in [2.75, 3.05) is 5.32 Å². The van der Waals surface area contributed by atoms with Gasteiger partial charge < -0.3 is 10.4 Å². The number of carbonyl (C=O) groups is 1. The lowest BCUT2D eigenvalue weighted by molar-refractivity contribution is 0.102. The highest BCUT2D eigenvalue weighted by Gasteiger charge is 2.13. The second-order valence-corrected chi connectivity index (χ2v) is 4.62. The molecule has 19 heavy (non-hydrogen) atoms. The van der Waals surface area contributed by atoms with Crippen molar-refractivity contribution in [3.63, 3.8) is 0 Å². The van der Waals surface area contributed by atoms with E-state index in [9.17, 15) is 9.90 Å². The second-order valence-electron chi connectivity index (χ2n) is 4.21. The lowest BCUT2D eigenvalue weighted by Gasteiger charge is -2.11. The highest BCUT2D eigenvalue weighted by molar-refractivity contribution is 6.34. The van der Waals surface area contributed by atoms with Gasteiger partial charge in [-0.05, 0) is 31.5 Å². The maximum absolute atomic E-state index is 12.1. The van der Waals surface area contributed by atoms with Gasteiger partial charge in [-0.3, -0.25) is 9.78 Å². The van der Waals surface area contributed by atoms with Gasteiger partial charge in [0.25, 0.3) is 5.91 Å². The minimum atomic E-state index is -0.334. The standard InChI is InChI=1S/C14H13ClN2O2/c1-8-3-4-12(9(2)13(8)18)17-14(19)10-5-6-16-7-11(10)15/h3-7,18H,1-2H3,(H,17,19). The molecule has 0 saturated carbocycles. The van der Waals surface area contributed by atoms with Crippen molar-refractivity contribution >= 4 is 23.2 Å². The zero-order valence-electron chi connectivity index (χ0n) is 10.6. The summed E-state index contributed by atoms with van der Waals surface area (Å²) in [6.07, 6.45) is 2.91. The van der Waals surface area contributed by atoms with Gasteiger partial charge in [-0.25, -0.2) is 0 Å². The molecule has 1 amide bonds. The molecule has 0 atom stereocenters. The zero-order chi connectivity index (χ0) is 14.0. The van der Waals surface area contributed by atoms with Gasteiger partial charge in [0.1, 0.15) is 5.75 Å². The Labute approximate surface area is 116 Å². The number of aromatic nitrogens is 1. The van der Waals surface area contributed by atoms with Gasteiger partial charge in [-0.1, -0.05) is 17.7 Å². The summed E-state index contributed by atoms with van der Waals surface area (Å²) in [5, 5.41) is 12.8. The Morgan fingerprint density at radius 3 is 2.74 bits per heavy atom. The molecule has 0 bridgehead atoms. The Kier molecular flexibility index (Phi) is 3.71. The number of phenols is 1. The smallest absolute Gasteiger partial charge is 0.257 e. The van der Waals surface area contributed by atoms with Gasteiger partial charge in [-0.2, -0.15) is 0 Å². The summed E-state index contributed by atoms with van der Waals surface area (Å²) >= 11 is 5.91. The quantitative estimate of drug-likeness (QED) is 0.884. The average Bonchev–Trinajstić information content (AvgIpc) is 2.40. The summed E-state index contributed by atoms with van der Waals surface area (Å²) in [5.41, 5.74) is 2.29. The van der Waals surface area contributed by atoms with Crippen LogP contribution in [0, 0.1) is 13.8 Å². The van der Waals surface area contributed by atoms with Crippen LogP contribution in [0.25, 0.3) is 0 Å². The number of pyridine rings is 1. The Morgan fingerprint density at radius 1 is 1.32 bits per heavy atom. The predicted octanol–water partition coefficient (Wildman–Crippen LogP) is 3.31. The fourth-order valence-electron chi connectivity index (χ4n) is 1.72. The van der Waals surface area contributed by atoms with Crippen LogP contribution in [0.4, 0.5) is 5.69 Å². The first-order valence-electron chi connectivity index (χ1n) is 5.70. The molecule has 0 radical (unpaired) electrons. The maximum atomic E-state index is 12.1. The number of carbonyl (C=O) groups excluding carboxylic acids is 1. The number of anilines is 1. The Balaban J connectivity index is 2.30. The number of amides is 1. The monoisotopic (exact) mass is 276 g/mol. The first kappa shape index (κ1) is 13.4. The average molecular weight is 277 g/mol. The third-order valence-corrected chi connectivity index (χ3v) is 3.20. The van der Waals surface area contributed by atoms with E-state index in [2.05, 4.69) is 10.3 Å². The van der Waals surface area contributed by atoms with E-state index in [1.54, 1.807) is 32.0 Å². The maximum Gasteiger partial charge on any atom is 0.257 e. The van der Waals surface area contributed by atoms with E-state index < -0.39 is 0 Å². The van der Waals surface area contributed by atoms with Gasteiger partial charge in [0.05, 0.1) is 10.6 Å². The molecule has 2 N–H and O–H groups in total. The summed E-state index contributed by atoms with van der Waals surface area (Å²) in [6, 6.07) is 5.03. The third kappa shape index (κ3) is 2.69. The number of aromatic hydroxyl groups is 1. The van der Waals surface area contributed by atoms with Crippen molar-refractivity contribution in [1.82, 2.24) is 4.98 Å². The molecule has 1 aromatic carbocycles. The van der Waals surface area contributed by atoms with E-state index in [-0.39, 0.29) is 16.7 Å². The molecule has 2 aromatic rings. The molecule has 0 aliphatic heterocycles. The fourth-order valence-corrected chi connectivity index (χ4v) is 1.93. The minimum absolute atomic E-state index is 0.179. The van der Waals surface area contributed by atoms with Crippen LogP contribution in [0.1, 0.15) is 21.5 Å². The Morgan fingerprint density at radius 2 is 2.05 bits per heavy atom. The van der Waals surface area contributed by atoms with Gasteiger partial charge in [0.15, 0.2) is 0 Å². The number of nitrogens with zero attached hydrogens (tertiary/aromatic N) is 1. The van der Waals surface area contributed by atoms with E-state index in [1.807, 2.05) is 0 Å². The number of hydrogen-bond acceptors (Lipinski definition) is 3. The molecule has 1 aromatic heterocycles. The van der Waals surface area contributed by atoms with Crippen molar-refractivity contribution in [3.05, 3.63) is 52.3 Å². The number of hydrogen-bond donors (Lipinski definition) is 2. The van der Waals surface area contributed by atoms with Gasteiger partial charge in [0.2, 0.25) is 0 Å². The second kappa shape index (κ2) is 5.28. The summed E-state index contributed by atoms with van der Waals surface area (Å²) in [4.78, 5) is 15.9. The van der Waals surface area contributed by atoms with Gasteiger partial charge in [-0.15, -0.1) is 0 Å². The summed E-state index contributed by atoms with van der Waals surface area (Å²) in [6.45, 7) is 3.54. The third-order valence-electron chi connectivity index (χ3n) is 2.90. The van der Waals surface area contributed by atoms with Crippen molar-refractivity contribution in [1.29, 1.82) is 0 Å². The SMILES string of the molecule is Cc1ccc(NC(=O)c2ccncc2Cl)c(C)c1O. The number of phenolic OH excluding ortho intramolecular Hbond substituents is 1. The van der Waals surface area contributed by atoms with Crippen molar-refractivity contribution in [2.45, 2.75) is 13.8 Å². The molecule has 1 heterocycles. The topological polar surface area (TPSA) is 62.2 Å². The Hall–Kier alpha value is -2.07. The Bertz CT molecular complexity index is 641. The van der Waals surface area contributed by atoms with E-state index in [0.29, 0.717) is 16.8 Å². The highest BCUT2D eigenvalue weighted by Crippen LogP contribution is 2.28. The van der Waals surface area contributed by atoms with E-state index >= 15 is 0 Å². The van der Waals surface area contributed by atoms with Crippen molar-refractivity contribution in [2.24, 2.45) is 0 Å². The first-order chi connectivity index (χ1) is 9.00. The molecular formula is C14H13ClN2O2. The molecule has 4 nitrogen and oxygen atoms in total. The molecule has 0 saturated heterocycles. The zero-order valence-corrected chi connectivity index (χ0v) is 11.3. The van der Waals surface area contributed by atoms with E-state index in [1.165, 1.54) is 12.4 Å². The predicted molar refractivity (Wildman–Crippen MR) is 74.8 cm³/mol. The molecule has 5 heteroatoms. The minimum Gasteiger partial charge on any atom is -0.507 e. The van der Waals surface area contributed by atoms with Crippen LogP contribution in [0.2, 0.25) is 5.02 Å². The molecule has 0 fully saturated rings. The largest absolute Gasteiger partial charge is 0.507 e. The lowest BCUT2D eigenvalue weighted by atomic mass is 10.1. The lowest BCUT2D eigenvalue weighted by Crippen LogP contribution is -2.13. The van der Waals surface area contributed by atoms with E-state index in [4.69, 9.17) is 11.6 Å². The van der Waals surface area contributed by atoms with Crippen LogP contribution in [0.15, 0.2) is 30.6 Å². The molecule has 0 unspecified atom stereocenters. The number of benzene rings is 1. The number of rotatable bonds is 2. The molecule has 0 spiro atoms. The number of halogens is 1. The molecular weight excluding hydrogens is 264 g/mol. The van der Waals surface area contributed by atoms with Crippen LogP contribution < -0.4 is 5.32 Å². The van der Waals surface area contributed by atoms with Crippen molar-refractivity contribution in [3.8, 4) is 5.75 Å². The van der Waals surface area contributed by atoms with Gasteiger partial charge >= 0.3 is 0 Å². The van der Waals surface area contributed by atoms with E-state index in [0.717, 1.165) is 5.56 Å². The van der Waals surface area contributed by atoms with Crippen LogP contribution in [0.5, 0.6) is 5.75 Å². The molecule has 0 aliphatic carbocycles. The summed E-state index contributed by atoms with van der Waals surface area (Å²) < 4.78 is 0. The molecule has 98 valence electrons. The molecule has 0 aliphatic rings. The van der Waals surface area contributed by atoms with Crippen molar-refractivity contribution < 1.29 is 9.90 Å². The normalized spacial score (nSPS) is 10.3. The fraction of sp³-hybridized carbons (Fsp3) is 0.143. The molecule has 2 rings (SSSR count). The highest BCUT2D eigenvalue weighted by atomic mass is 35.5. The van der Waals surface area contributed by atoms with Crippen LogP contribution in [-0.2, 0) is 0 Å². The number of nitrogens with one attached hydrogen (secondary N) is 1.